The molecule has 1 unspecified atom stereocenters. The van der Waals surface area contributed by atoms with Crippen molar-refractivity contribution in [2.45, 2.75) is 19.1 Å². The van der Waals surface area contributed by atoms with Crippen LogP contribution < -0.4 is 5.32 Å². The molecule has 2 rings (SSSR count). The number of ether oxygens (including phenoxy) is 1. The molecule has 1 aromatic carbocycles. The minimum absolute atomic E-state index is 0.0164. The third-order valence-corrected chi connectivity index (χ3v) is 3.33. The molecule has 1 amide bonds. The maximum atomic E-state index is 11.7. The number of rotatable bonds is 6. The summed E-state index contributed by atoms with van der Waals surface area (Å²) in [7, 11) is 0. The Morgan fingerprint density at radius 1 is 1.45 bits per heavy atom. The summed E-state index contributed by atoms with van der Waals surface area (Å²) < 4.78 is 5.67. The zero-order chi connectivity index (χ0) is 14.2. The van der Waals surface area contributed by atoms with Crippen LogP contribution in [0.3, 0.4) is 0 Å². The quantitative estimate of drug-likeness (QED) is 0.801. The Morgan fingerprint density at radius 3 is 3.00 bits per heavy atom. The van der Waals surface area contributed by atoms with Gasteiger partial charge in [0, 0.05) is 26.2 Å². The van der Waals surface area contributed by atoms with E-state index in [-0.39, 0.29) is 12.0 Å². The molecular formula is C16H22N2O2. The molecule has 1 heterocycles. The summed E-state index contributed by atoms with van der Waals surface area (Å²) in [4.78, 5) is 14.0. The molecule has 1 atom stereocenters. The van der Waals surface area contributed by atoms with Crippen LogP contribution in [0, 0.1) is 0 Å². The zero-order valence-corrected chi connectivity index (χ0v) is 11.8. The third kappa shape index (κ3) is 4.79. The molecule has 0 saturated carbocycles. The van der Waals surface area contributed by atoms with E-state index < -0.39 is 0 Å². The van der Waals surface area contributed by atoms with E-state index in [0.29, 0.717) is 19.6 Å². The number of hydrogen-bond donors (Lipinski definition) is 1. The summed E-state index contributed by atoms with van der Waals surface area (Å²) in [5, 5.41) is 2.79. The molecule has 20 heavy (non-hydrogen) atoms. The van der Waals surface area contributed by atoms with Crippen LogP contribution in [0.1, 0.15) is 12.0 Å². The van der Waals surface area contributed by atoms with Gasteiger partial charge in [-0.2, -0.15) is 0 Å². The van der Waals surface area contributed by atoms with Crippen LogP contribution in [-0.2, 0) is 16.1 Å². The first kappa shape index (κ1) is 14.8. The largest absolute Gasteiger partial charge is 0.375 e. The Hall–Kier alpha value is -1.65. The molecular weight excluding hydrogens is 252 g/mol. The zero-order valence-electron chi connectivity index (χ0n) is 11.8. The van der Waals surface area contributed by atoms with Crippen LogP contribution in [0.2, 0.25) is 0 Å². The normalized spacial score (nSPS) is 19.5. The molecule has 0 aliphatic carbocycles. The average Bonchev–Trinajstić information content (AvgIpc) is 2.46. The highest BCUT2D eigenvalue weighted by Gasteiger charge is 2.22. The maximum Gasteiger partial charge on any atom is 0.222 e. The highest BCUT2D eigenvalue weighted by atomic mass is 16.5. The third-order valence-electron chi connectivity index (χ3n) is 3.33. The van der Waals surface area contributed by atoms with Gasteiger partial charge >= 0.3 is 0 Å². The maximum absolute atomic E-state index is 11.7. The fourth-order valence-electron chi connectivity index (χ4n) is 2.35. The fourth-order valence-corrected chi connectivity index (χ4v) is 2.35. The van der Waals surface area contributed by atoms with E-state index >= 15 is 0 Å². The summed E-state index contributed by atoms with van der Waals surface area (Å²) in [5.41, 5.74) is 1.30. The van der Waals surface area contributed by atoms with Crippen LogP contribution in [0.25, 0.3) is 0 Å². The van der Waals surface area contributed by atoms with Gasteiger partial charge in [-0.15, -0.1) is 6.58 Å². The standard InChI is InChI=1S/C16H22N2O2/c1-2-8-17-16(19)11-15-13-18(9-10-20-15)12-14-6-4-3-5-7-14/h2-7,15H,1,8-13H2,(H,17,19). The first-order valence-corrected chi connectivity index (χ1v) is 7.03. The predicted molar refractivity (Wildman–Crippen MR) is 79.3 cm³/mol. The van der Waals surface area contributed by atoms with Gasteiger partial charge in [-0.3, -0.25) is 9.69 Å². The number of carbonyl (C=O) groups is 1. The summed E-state index contributed by atoms with van der Waals surface area (Å²) in [6, 6.07) is 10.4. The number of amides is 1. The lowest BCUT2D eigenvalue weighted by molar-refractivity contribution is -0.125. The van der Waals surface area contributed by atoms with Crippen molar-refractivity contribution >= 4 is 5.91 Å². The first-order chi connectivity index (χ1) is 9.78. The highest BCUT2D eigenvalue weighted by molar-refractivity contribution is 5.76. The fraction of sp³-hybridized carbons (Fsp3) is 0.438. The molecule has 0 aromatic heterocycles. The van der Waals surface area contributed by atoms with E-state index in [2.05, 4.69) is 41.1 Å². The topological polar surface area (TPSA) is 41.6 Å². The van der Waals surface area contributed by atoms with Gasteiger partial charge in [-0.05, 0) is 5.56 Å². The molecule has 108 valence electrons. The molecule has 0 bridgehead atoms. The lowest BCUT2D eigenvalue weighted by atomic mass is 10.1. The molecule has 1 saturated heterocycles. The predicted octanol–water partition coefficient (Wildman–Crippen LogP) is 1.58. The van der Waals surface area contributed by atoms with Crippen LogP contribution in [0.4, 0.5) is 0 Å². The van der Waals surface area contributed by atoms with E-state index in [1.54, 1.807) is 6.08 Å². The number of benzene rings is 1. The SMILES string of the molecule is C=CCNC(=O)CC1CN(Cc2ccccc2)CCO1. The van der Waals surface area contributed by atoms with Gasteiger partial charge in [0.2, 0.25) is 5.91 Å². The van der Waals surface area contributed by atoms with E-state index in [1.807, 2.05) is 6.07 Å². The van der Waals surface area contributed by atoms with Crippen molar-refractivity contribution in [3.05, 3.63) is 48.6 Å². The van der Waals surface area contributed by atoms with E-state index in [4.69, 9.17) is 4.74 Å². The van der Waals surface area contributed by atoms with Gasteiger partial charge in [0.05, 0.1) is 19.1 Å². The van der Waals surface area contributed by atoms with E-state index in [1.165, 1.54) is 5.56 Å². The number of hydrogen-bond acceptors (Lipinski definition) is 3. The van der Waals surface area contributed by atoms with Crippen LogP contribution >= 0.6 is 0 Å². The van der Waals surface area contributed by atoms with Crippen molar-refractivity contribution in [1.29, 1.82) is 0 Å². The smallest absolute Gasteiger partial charge is 0.222 e. The number of carbonyl (C=O) groups excluding carboxylic acids is 1. The van der Waals surface area contributed by atoms with Gasteiger partial charge < -0.3 is 10.1 Å². The Kier molecular flexibility index (Phi) is 5.77. The van der Waals surface area contributed by atoms with Crippen molar-refractivity contribution < 1.29 is 9.53 Å². The van der Waals surface area contributed by atoms with Gasteiger partial charge in [0.1, 0.15) is 0 Å². The van der Waals surface area contributed by atoms with Gasteiger partial charge in [0.25, 0.3) is 0 Å². The molecule has 1 aliphatic heterocycles. The molecule has 0 radical (unpaired) electrons. The lowest BCUT2D eigenvalue weighted by Gasteiger charge is -2.32. The van der Waals surface area contributed by atoms with E-state index in [0.717, 1.165) is 19.6 Å². The second kappa shape index (κ2) is 7.82. The summed E-state index contributed by atoms with van der Waals surface area (Å²) in [5.74, 6) is 0.0245. The van der Waals surface area contributed by atoms with Crippen LogP contribution in [0.15, 0.2) is 43.0 Å². The molecule has 0 spiro atoms. The Morgan fingerprint density at radius 2 is 2.25 bits per heavy atom. The summed E-state index contributed by atoms with van der Waals surface area (Å²) in [6.45, 7) is 7.41. The van der Waals surface area contributed by atoms with Crippen LogP contribution in [-0.4, -0.2) is 43.2 Å². The molecule has 1 aliphatic rings. The minimum Gasteiger partial charge on any atom is -0.375 e. The number of nitrogens with zero attached hydrogens (tertiary/aromatic N) is 1. The summed E-state index contributed by atoms with van der Waals surface area (Å²) >= 11 is 0. The van der Waals surface area contributed by atoms with Crippen molar-refractivity contribution in [2.75, 3.05) is 26.2 Å². The average molecular weight is 274 g/mol. The van der Waals surface area contributed by atoms with Crippen LogP contribution in [0.5, 0.6) is 0 Å². The first-order valence-electron chi connectivity index (χ1n) is 7.03. The lowest BCUT2D eigenvalue weighted by Crippen LogP contribution is -2.44. The van der Waals surface area contributed by atoms with Gasteiger partial charge in [-0.25, -0.2) is 0 Å². The van der Waals surface area contributed by atoms with Crippen molar-refractivity contribution in [2.24, 2.45) is 0 Å². The Labute approximate surface area is 120 Å². The number of morpholine rings is 1. The van der Waals surface area contributed by atoms with Gasteiger partial charge in [-0.1, -0.05) is 36.4 Å². The Bertz CT molecular complexity index is 433. The highest BCUT2D eigenvalue weighted by Crippen LogP contribution is 2.12. The second-order valence-electron chi connectivity index (χ2n) is 5.01. The molecule has 1 aromatic rings. The second-order valence-corrected chi connectivity index (χ2v) is 5.01. The van der Waals surface area contributed by atoms with Crippen molar-refractivity contribution in [3.8, 4) is 0 Å². The molecule has 1 fully saturated rings. The number of nitrogens with one attached hydrogen (secondary N) is 1. The molecule has 4 nitrogen and oxygen atoms in total. The van der Waals surface area contributed by atoms with Crippen molar-refractivity contribution in [1.82, 2.24) is 10.2 Å². The summed E-state index contributed by atoms with van der Waals surface area (Å²) in [6.07, 6.45) is 2.08. The molecule has 1 N–H and O–H groups in total. The Balaban J connectivity index is 1.79. The van der Waals surface area contributed by atoms with Gasteiger partial charge in [0.15, 0.2) is 0 Å². The van der Waals surface area contributed by atoms with E-state index in [9.17, 15) is 4.79 Å². The van der Waals surface area contributed by atoms with Crippen molar-refractivity contribution in [3.63, 3.8) is 0 Å². The monoisotopic (exact) mass is 274 g/mol. The molecule has 4 heteroatoms. The minimum atomic E-state index is -0.0164.